The highest BCUT2D eigenvalue weighted by molar-refractivity contribution is 5.96. The van der Waals surface area contributed by atoms with Crippen molar-refractivity contribution in [2.75, 3.05) is 18.0 Å². The Hall–Kier alpha value is -2.37. The van der Waals surface area contributed by atoms with Crippen LogP contribution in [0.15, 0.2) is 24.3 Å². The Kier molecular flexibility index (Phi) is 6.78. The Balaban J connectivity index is 1.70. The number of hydrogen-bond donors (Lipinski definition) is 2. The van der Waals surface area contributed by atoms with Gasteiger partial charge in [0.25, 0.3) is 0 Å². The number of fused-ring (bicyclic) bond motifs is 1. The molecule has 24 heavy (non-hydrogen) atoms. The van der Waals surface area contributed by atoms with Crippen LogP contribution < -0.4 is 10.2 Å². The Morgan fingerprint density at radius 3 is 2.67 bits per heavy atom. The lowest BCUT2D eigenvalue weighted by Crippen LogP contribution is -2.38. The highest BCUT2D eigenvalue weighted by Crippen LogP contribution is 2.27. The molecule has 0 aromatic heterocycles. The number of unbranched alkanes of at least 4 members (excludes halogenated alkanes) is 2. The van der Waals surface area contributed by atoms with Gasteiger partial charge < -0.3 is 15.3 Å². The predicted octanol–water partition coefficient (Wildman–Crippen LogP) is 2.12. The number of hydrogen-bond acceptors (Lipinski definition) is 3. The van der Waals surface area contributed by atoms with Crippen LogP contribution in [0.25, 0.3) is 0 Å². The first-order valence-electron chi connectivity index (χ1n) is 8.44. The number of carboxylic acid groups (broad SMARTS) is 1. The van der Waals surface area contributed by atoms with Crippen molar-refractivity contribution in [3.8, 4) is 0 Å². The van der Waals surface area contributed by atoms with E-state index in [9.17, 15) is 14.4 Å². The molecular weight excluding hydrogens is 308 g/mol. The Morgan fingerprint density at radius 1 is 1.08 bits per heavy atom. The van der Waals surface area contributed by atoms with Crippen LogP contribution in [0.2, 0.25) is 0 Å². The Labute approximate surface area is 141 Å². The molecule has 0 fully saturated rings. The molecule has 1 aliphatic rings. The van der Waals surface area contributed by atoms with Crippen molar-refractivity contribution in [1.82, 2.24) is 5.32 Å². The third kappa shape index (κ3) is 5.37. The zero-order chi connectivity index (χ0) is 17.4. The molecule has 1 aliphatic heterocycles. The molecule has 0 radical (unpaired) electrons. The molecule has 6 nitrogen and oxygen atoms in total. The van der Waals surface area contributed by atoms with Gasteiger partial charge in [-0.05, 0) is 30.9 Å². The van der Waals surface area contributed by atoms with E-state index in [0.29, 0.717) is 25.9 Å². The van der Waals surface area contributed by atoms with E-state index in [2.05, 4.69) is 5.32 Å². The maximum Gasteiger partial charge on any atom is 0.303 e. The third-order valence-electron chi connectivity index (χ3n) is 4.14. The summed E-state index contributed by atoms with van der Waals surface area (Å²) >= 11 is 0. The van der Waals surface area contributed by atoms with Crippen LogP contribution >= 0.6 is 0 Å². The monoisotopic (exact) mass is 332 g/mol. The molecule has 2 amide bonds. The molecule has 0 atom stereocenters. The maximum atomic E-state index is 12.1. The minimum absolute atomic E-state index is 0.0650. The summed E-state index contributed by atoms with van der Waals surface area (Å²) in [5.74, 6) is -0.801. The second-order valence-electron chi connectivity index (χ2n) is 5.98. The smallest absolute Gasteiger partial charge is 0.303 e. The molecule has 2 rings (SSSR count). The summed E-state index contributed by atoms with van der Waals surface area (Å²) in [4.78, 5) is 36.1. The zero-order valence-corrected chi connectivity index (χ0v) is 13.8. The number of aryl methyl sites for hydroxylation is 1. The number of para-hydroxylation sites is 1. The normalized spacial score (nSPS) is 13.5. The van der Waals surface area contributed by atoms with E-state index in [-0.39, 0.29) is 24.7 Å². The van der Waals surface area contributed by atoms with Crippen molar-refractivity contribution in [2.45, 2.75) is 44.9 Å². The number of rotatable bonds is 9. The SMILES string of the molecule is O=C(O)CCCCCNC(=O)CCN1C(=O)CCc2ccccc21. The van der Waals surface area contributed by atoms with Gasteiger partial charge in [-0.15, -0.1) is 0 Å². The predicted molar refractivity (Wildman–Crippen MR) is 90.8 cm³/mol. The number of benzene rings is 1. The van der Waals surface area contributed by atoms with E-state index < -0.39 is 5.97 Å². The highest BCUT2D eigenvalue weighted by Gasteiger charge is 2.23. The standard InChI is InChI=1S/C18H24N2O4/c21-16(19-12-5-1-2-8-18(23)24)11-13-20-15-7-4-3-6-14(15)9-10-17(20)22/h3-4,6-7H,1-2,5,8-13H2,(H,19,21)(H,23,24). The minimum atomic E-state index is -0.787. The fraction of sp³-hybridized carbons (Fsp3) is 0.500. The van der Waals surface area contributed by atoms with Crippen LogP contribution in [0.3, 0.4) is 0 Å². The molecule has 0 unspecified atom stereocenters. The number of anilines is 1. The molecule has 0 spiro atoms. The summed E-state index contributed by atoms with van der Waals surface area (Å²) in [6.45, 7) is 0.934. The lowest BCUT2D eigenvalue weighted by atomic mass is 10.0. The van der Waals surface area contributed by atoms with Crippen molar-refractivity contribution >= 4 is 23.5 Å². The van der Waals surface area contributed by atoms with Gasteiger partial charge in [-0.3, -0.25) is 14.4 Å². The minimum Gasteiger partial charge on any atom is -0.481 e. The van der Waals surface area contributed by atoms with Crippen molar-refractivity contribution in [3.63, 3.8) is 0 Å². The van der Waals surface area contributed by atoms with Gasteiger partial charge in [-0.25, -0.2) is 0 Å². The van der Waals surface area contributed by atoms with E-state index in [0.717, 1.165) is 30.5 Å². The van der Waals surface area contributed by atoms with Gasteiger partial charge in [0.2, 0.25) is 11.8 Å². The highest BCUT2D eigenvalue weighted by atomic mass is 16.4. The van der Waals surface area contributed by atoms with Gasteiger partial charge in [0.05, 0.1) is 0 Å². The average molecular weight is 332 g/mol. The lowest BCUT2D eigenvalue weighted by molar-refractivity contribution is -0.137. The number of nitrogens with one attached hydrogen (secondary N) is 1. The van der Waals surface area contributed by atoms with Gasteiger partial charge in [-0.1, -0.05) is 24.6 Å². The van der Waals surface area contributed by atoms with Crippen LogP contribution in [0.5, 0.6) is 0 Å². The van der Waals surface area contributed by atoms with E-state index in [1.54, 1.807) is 4.90 Å². The van der Waals surface area contributed by atoms with E-state index >= 15 is 0 Å². The summed E-state index contributed by atoms with van der Waals surface area (Å²) in [5.41, 5.74) is 2.06. The molecule has 0 bridgehead atoms. The number of aliphatic carboxylic acids is 1. The molecule has 130 valence electrons. The van der Waals surface area contributed by atoms with Crippen LogP contribution in [0.1, 0.15) is 44.1 Å². The Bertz CT molecular complexity index is 600. The Morgan fingerprint density at radius 2 is 1.88 bits per heavy atom. The number of carbonyl (C=O) groups excluding carboxylic acids is 2. The summed E-state index contributed by atoms with van der Waals surface area (Å²) in [7, 11) is 0. The molecule has 0 saturated heterocycles. The average Bonchev–Trinajstić information content (AvgIpc) is 2.57. The van der Waals surface area contributed by atoms with Crippen LogP contribution in [-0.2, 0) is 20.8 Å². The topological polar surface area (TPSA) is 86.7 Å². The van der Waals surface area contributed by atoms with Gasteiger partial charge >= 0.3 is 5.97 Å². The second-order valence-corrected chi connectivity index (χ2v) is 5.98. The summed E-state index contributed by atoms with van der Waals surface area (Å²) in [5, 5.41) is 11.4. The van der Waals surface area contributed by atoms with Crippen molar-refractivity contribution in [1.29, 1.82) is 0 Å². The molecule has 1 aromatic carbocycles. The number of carbonyl (C=O) groups is 3. The van der Waals surface area contributed by atoms with Gasteiger partial charge in [0, 0.05) is 38.0 Å². The second kappa shape index (κ2) is 9.05. The number of nitrogens with zero attached hydrogens (tertiary/aromatic N) is 1. The number of carboxylic acids is 1. The molecule has 0 saturated carbocycles. The molecular formula is C18H24N2O4. The van der Waals surface area contributed by atoms with Crippen LogP contribution in [0, 0.1) is 0 Å². The summed E-state index contributed by atoms with van der Waals surface area (Å²) in [6, 6.07) is 7.81. The first-order chi connectivity index (χ1) is 11.6. The fourth-order valence-electron chi connectivity index (χ4n) is 2.85. The molecule has 1 aromatic rings. The van der Waals surface area contributed by atoms with Crippen LogP contribution in [0.4, 0.5) is 5.69 Å². The fourth-order valence-corrected chi connectivity index (χ4v) is 2.85. The summed E-state index contributed by atoms with van der Waals surface area (Å²) < 4.78 is 0. The first-order valence-corrected chi connectivity index (χ1v) is 8.44. The van der Waals surface area contributed by atoms with Crippen molar-refractivity contribution in [3.05, 3.63) is 29.8 Å². The van der Waals surface area contributed by atoms with Gasteiger partial charge in [0.15, 0.2) is 0 Å². The zero-order valence-electron chi connectivity index (χ0n) is 13.8. The first kappa shape index (κ1) is 18.0. The van der Waals surface area contributed by atoms with Crippen LogP contribution in [-0.4, -0.2) is 36.0 Å². The molecule has 0 aliphatic carbocycles. The molecule has 6 heteroatoms. The van der Waals surface area contributed by atoms with Gasteiger partial charge in [0.1, 0.15) is 0 Å². The largest absolute Gasteiger partial charge is 0.481 e. The number of amides is 2. The summed E-state index contributed by atoms with van der Waals surface area (Å²) in [6.07, 6.45) is 3.87. The van der Waals surface area contributed by atoms with Crippen molar-refractivity contribution < 1.29 is 19.5 Å². The molecule has 1 heterocycles. The van der Waals surface area contributed by atoms with E-state index in [1.807, 2.05) is 24.3 Å². The van der Waals surface area contributed by atoms with Crippen molar-refractivity contribution in [2.24, 2.45) is 0 Å². The lowest BCUT2D eigenvalue weighted by Gasteiger charge is -2.29. The van der Waals surface area contributed by atoms with Gasteiger partial charge in [-0.2, -0.15) is 0 Å². The maximum absolute atomic E-state index is 12.1. The quantitative estimate of drug-likeness (QED) is 0.678. The van der Waals surface area contributed by atoms with E-state index in [4.69, 9.17) is 5.11 Å². The third-order valence-corrected chi connectivity index (χ3v) is 4.14. The molecule has 2 N–H and O–H groups in total. The van der Waals surface area contributed by atoms with E-state index in [1.165, 1.54) is 0 Å².